The smallest absolute Gasteiger partial charge is 0.225 e. The largest absolute Gasteiger partial charge is 0.338 e. The number of unbranched alkanes of at least 4 members (excludes halogenated alkanes) is 1. The van der Waals surface area contributed by atoms with Gasteiger partial charge in [-0.1, -0.05) is 0 Å². The topological polar surface area (TPSA) is 32.3 Å². The molecule has 0 atom stereocenters. The van der Waals surface area contributed by atoms with Crippen LogP contribution in [0.1, 0.15) is 12.8 Å². The maximum Gasteiger partial charge on any atom is 0.225 e. The molecule has 2 heterocycles. The van der Waals surface area contributed by atoms with Crippen LogP contribution in [-0.4, -0.2) is 47.6 Å². The van der Waals surface area contributed by atoms with Crippen LogP contribution in [0.5, 0.6) is 0 Å². The lowest BCUT2D eigenvalue weighted by Gasteiger charge is -2.34. The van der Waals surface area contributed by atoms with Gasteiger partial charge in [0.2, 0.25) is 5.95 Å². The molecule has 1 aliphatic rings. The molecule has 0 amide bonds. The van der Waals surface area contributed by atoms with Crippen LogP contribution in [0.2, 0.25) is 0 Å². The highest BCUT2D eigenvalue weighted by Crippen LogP contribution is 2.09. The van der Waals surface area contributed by atoms with Crippen LogP contribution in [0, 0.1) is 12.3 Å². The van der Waals surface area contributed by atoms with Crippen LogP contribution in [0.4, 0.5) is 5.95 Å². The van der Waals surface area contributed by atoms with Crippen LogP contribution >= 0.6 is 0 Å². The first kappa shape index (κ1) is 11.9. The Balaban J connectivity index is 1.77. The molecule has 1 aliphatic heterocycles. The molecule has 0 aliphatic carbocycles. The maximum atomic E-state index is 5.25. The summed E-state index contributed by atoms with van der Waals surface area (Å²) in [6, 6.07) is 1.85. The highest BCUT2D eigenvalue weighted by Gasteiger charge is 2.17. The Bertz CT molecular complexity index is 363. The third-order valence-electron chi connectivity index (χ3n) is 3.00. The average Bonchev–Trinajstić information content (AvgIpc) is 2.41. The highest BCUT2D eigenvalue weighted by atomic mass is 15.3. The molecule has 1 saturated heterocycles. The van der Waals surface area contributed by atoms with E-state index in [2.05, 4.69) is 25.7 Å². The molecule has 0 unspecified atom stereocenters. The van der Waals surface area contributed by atoms with Crippen LogP contribution < -0.4 is 4.90 Å². The molecule has 0 saturated carbocycles. The van der Waals surface area contributed by atoms with Gasteiger partial charge in [-0.05, 0) is 19.0 Å². The number of terminal acetylenes is 1. The minimum Gasteiger partial charge on any atom is -0.338 e. The van der Waals surface area contributed by atoms with Crippen LogP contribution in [0.25, 0.3) is 0 Å². The van der Waals surface area contributed by atoms with Crippen molar-refractivity contribution in [2.45, 2.75) is 12.8 Å². The normalized spacial score (nSPS) is 16.8. The standard InChI is InChI=1S/C13H18N4/c1-2-3-4-8-16-9-11-17(12-10-16)13-14-6-5-7-15-13/h1,5-7H,3-4,8-12H2. The summed E-state index contributed by atoms with van der Waals surface area (Å²) in [5.41, 5.74) is 0. The van der Waals surface area contributed by atoms with Gasteiger partial charge in [0.15, 0.2) is 0 Å². The van der Waals surface area contributed by atoms with Gasteiger partial charge in [-0.3, -0.25) is 4.90 Å². The summed E-state index contributed by atoms with van der Waals surface area (Å²) in [5.74, 6) is 3.53. The zero-order chi connectivity index (χ0) is 11.9. The zero-order valence-electron chi connectivity index (χ0n) is 10.0. The average molecular weight is 230 g/mol. The minimum absolute atomic E-state index is 0.843. The lowest BCUT2D eigenvalue weighted by Crippen LogP contribution is -2.47. The van der Waals surface area contributed by atoms with E-state index in [1.165, 1.54) is 0 Å². The van der Waals surface area contributed by atoms with E-state index >= 15 is 0 Å². The molecule has 90 valence electrons. The van der Waals surface area contributed by atoms with Crippen molar-refractivity contribution in [1.82, 2.24) is 14.9 Å². The number of nitrogens with zero attached hydrogens (tertiary/aromatic N) is 4. The number of hydrogen-bond acceptors (Lipinski definition) is 4. The van der Waals surface area contributed by atoms with Gasteiger partial charge < -0.3 is 4.90 Å². The molecule has 4 nitrogen and oxygen atoms in total. The number of rotatable bonds is 4. The fourth-order valence-corrected chi connectivity index (χ4v) is 2.03. The van der Waals surface area contributed by atoms with Gasteiger partial charge in [0.25, 0.3) is 0 Å². The fourth-order valence-electron chi connectivity index (χ4n) is 2.03. The third-order valence-corrected chi connectivity index (χ3v) is 3.00. The highest BCUT2D eigenvalue weighted by molar-refractivity contribution is 5.29. The first-order valence-corrected chi connectivity index (χ1v) is 6.08. The van der Waals surface area contributed by atoms with Crippen LogP contribution in [-0.2, 0) is 0 Å². The van der Waals surface area contributed by atoms with Crippen molar-refractivity contribution in [3.63, 3.8) is 0 Å². The monoisotopic (exact) mass is 230 g/mol. The van der Waals surface area contributed by atoms with Crippen molar-refractivity contribution in [2.24, 2.45) is 0 Å². The van der Waals surface area contributed by atoms with Crippen molar-refractivity contribution < 1.29 is 0 Å². The number of aromatic nitrogens is 2. The summed E-state index contributed by atoms with van der Waals surface area (Å²) in [6.45, 7) is 5.25. The summed E-state index contributed by atoms with van der Waals surface area (Å²) in [6.07, 6.45) is 10.8. The fraction of sp³-hybridized carbons (Fsp3) is 0.538. The summed E-state index contributed by atoms with van der Waals surface area (Å²) < 4.78 is 0. The Morgan fingerprint density at radius 2 is 1.88 bits per heavy atom. The maximum absolute atomic E-state index is 5.25. The minimum atomic E-state index is 0.843. The Morgan fingerprint density at radius 1 is 1.18 bits per heavy atom. The second-order valence-electron chi connectivity index (χ2n) is 4.19. The molecule has 1 aromatic rings. The van der Waals surface area contributed by atoms with Gasteiger partial charge >= 0.3 is 0 Å². The summed E-state index contributed by atoms with van der Waals surface area (Å²) in [4.78, 5) is 13.2. The van der Waals surface area contributed by atoms with Crippen molar-refractivity contribution in [1.29, 1.82) is 0 Å². The first-order valence-electron chi connectivity index (χ1n) is 6.08. The molecular formula is C13H18N4. The Labute approximate surface area is 103 Å². The molecule has 0 N–H and O–H groups in total. The Morgan fingerprint density at radius 3 is 2.53 bits per heavy atom. The van der Waals surface area contributed by atoms with E-state index in [9.17, 15) is 0 Å². The van der Waals surface area contributed by atoms with Gasteiger partial charge in [0.1, 0.15) is 0 Å². The summed E-state index contributed by atoms with van der Waals surface area (Å²) in [7, 11) is 0. The van der Waals surface area contributed by atoms with Gasteiger partial charge in [-0.25, -0.2) is 9.97 Å². The molecule has 2 rings (SSSR count). The number of anilines is 1. The summed E-state index contributed by atoms with van der Waals surface area (Å²) in [5, 5.41) is 0. The molecule has 1 fully saturated rings. The second-order valence-corrected chi connectivity index (χ2v) is 4.19. The van der Waals surface area contributed by atoms with Crippen LogP contribution in [0.15, 0.2) is 18.5 Å². The quantitative estimate of drug-likeness (QED) is 0.571. The van der Waals surface area contributed by atoms with Crippen molar-refractivity contribution in [2.75, 3.05) is 37.6 Å². The van der Waals surface area contributed by atoms with E-state index in [1.54, 1.807) is 12.4 Å². The van der Waals surface area contributed by atoms with Gasteiger partial charge in [0, 0.05) is 45.0 Å². The third kappa shape index (κ3) is 3.43. The van der Waals surface area contributed by atoms with E-state index in [0.29, 0.717) is 0 Å². The van der Waals surface area contributed by atoms with Gasteiger partial charge in [-0.2, -0.15) is 0 Å². The van der Waals surface area contributed by atoms with Gasteiger partial charge in [-0.15, -0.1) is 12.3 Å². The molecule has 0 spiro atoms. The lowest BCUT2D eigenvalue weighted by molar-refractivity contribution is 0.255. The van der Waals surface area contributed by atoms with Crippen molar-refractivity contribution in [3.05, 3.63) is 18.5 Å². The van der Waals surface area contributed by atoms with E-state index < -0.39 is 0 Å². The Kier molecular flexibility index (Phi) is 4.34. The molecule has 4 heteroatoms. The lowest BCUT2D eigenvalue weighted by atomic mass is 10.2. The first-order chi connectivity index (χ1) is 8.40. The molecular weight excluding hydrogens is 212 g/mol. The van der Waals surface area contributed by atoms with E-state index in [-0.39, 0.29) is 0 Å². The Hall–Kier alpha value is -1.60. The predicted molar refractivity (Wildman–Crippen MR) is 68.8 cm³/mol. The van der Waals surface area contributed by atoms with Gasteiger partial charge in [0.05, 0.1) is 0 Å². The second kappa shape index (κ2) is 6.21. The van der Waals surface area contributed by atoms with Crippen molar-refractivity contribution in [3.8, 4) is 12.3 Å². The zero-order valence-corrected chi connectivity index (χ0v) is 10.0. The number of hydrogen-bond donors (Lipinski definition) is 0. The van der Waals surface area contributed by atoms with E-state index in [1.807, 2.05) is 6.07 Å². The molecule has 1 aromatic heterocycles. The molecule has 0 bridgehead atoms. The molecule has 0 radical (unpaired) electrons. The van der Waals surface area contributed by atoms with E-state index in [0.717, 1.165) is 51.5 Å². The predicted octanol–water partition coefficient (Wildman–Crippen LogP) is 1.01. The number of piperazine rings is 1. The van der Waals surface area contributed by atoms with Crippen LogP contribution in [0.3, 0.4) is 0 Å². The van der Waals surface area contributed by atoms with Crippen molar-refractivity contribution >= 4 is 5.95 Å². The summed E-state index contributed by atoms with van der Waals surface area (Å²) >= 11 is 0. The molecule has 17 heavy (non-hydrogen) atoms. The SMILES string of the molecule is C#CCCCN1CCN(c2ncccn2)CC1. The van der Waals surface area contributed by atoms with E-state index in [4.69, 9.17) is 6.42 Å². The molecule has 0 aromatic carbocycles.